The second-order valence-corrected chi connectivity index (χ2v) is 6.38. The molecule has 0 unspecified atom stereocenters. The van der Waals surface area contributed by atoms with Crippen LogP contribution in [0.2, 0.25) is 0 Å². The summed E-state index contributed by atoms with van der Waals surface area (Å²) >= 11 is 0. The fourth-order valence-electron chi connectivity index (χ4n) is 3.06. The summed E-state index contributed by atoms with van der Waals surface area (Å²) in [5.74, 6) is 2.64. The van der Waals surface area contributed by atoms with Crippen molar-refractivity contribution in [2.24, 2.45) is 0 Å². The van der Waals surface area contributed by atoms with Gasteiger partial charge < -0.3 is 15.0 Å². The molecule has 1 aliphatic rings. The maximum Gasteiger partial charge on any atom is 0.135 e. The van der Waals surface area contributed by atoms with E-state index in [4.69, 9.17) is 4.74 Å². The molecule has 132 valence electrons. The van der Waals surface area contributed by atoms with E-state index >= 15 is 0 Å². The third kappa shape index (κ3) is 4.11. The standard InChI is InChI=1S/C21H22N4O/c1-2-6-17(7-3-1)15-26-19-10-8-18(9-11-19)24-20-14-21(23-16-22-20)25-12-4-5-13-25/h1-3,6-11,14,16H,4-5,12-13,15H2,(H,22,23,24). The van der Waals surface area contributed by atoms with Crippen LogP contribution in [0, 0.1) is 0 Å². The molecule has 1 fully saturated rings. The number of ether oxygens (including phenoxy) is 1. The van der Waals surface area contributed by atoms with Gasteiger partial charge >= 0.3 is 0 Å². The van der Waals surface area contributed by atoms with Crippen LogP contribution in [0.3, 0.4) is 0 Å². The maximum absolute atomic E-state index is 5.82. The fraction of sp³-hybridized carbons (Fsp3) is 0.238. The third-order valence-electron chi connectivity index (χ3n) is 4.46. The zero-order valence-electron chi connectivity index (χ0n) is 14.6. The lowest BCUT2D eigenvalue weighted by molar-refractivity contribution is 0.306. The van der Waals surface area contributed by atoms with Crippen molar-refractivity contribution in [1.82, 2.24) is 9.97 Å². The molecular formula is C21H22N4O. The molecule has 3 aromatic rings. The Labute approximate surface area is 153 Å². The van der Waals surface area contributed by atoms with Crippen molar-refractivity contribution in [1.29, 1.82) is 0 Å². The molecule has 26 heavy (non-hydrogen) atoms. The summed E-state index contributed by atoms with van der Waals surface area (Å²) in [6, 6.07) is 20.1. The van der Waals surface area contributed by atoms with E-state index in [1.54, 1.807) is 6.33 Å². The molecule has 2 aromatic carbocycles. The van der Waals surface area contributed by atoms with Gasteiger partial charge in [-0.15, -0.1) is 0 Å². The molecule has 0 aliphatic carbocycles. The van der Waals surface area contributed by atoms with Crippen molar-refractivity contribution in [2.75, 3.05) is 23.3 Å². The van der Waals surface area contributed by atoms with Gasteiger partial charge in [-0.3, -0.25) is 0 Å². The van der Waals surface area contributed by atoms with Crippen LogP contribution in [0.1, 0.15) is 18.4 Å². The van der Waals surface area contributed by atoms with Gasteiger partial charge in [0.05, 0.1) is 0 Å². The molecule has 0 bridgehead atoms. The van der Waals surface area contributed by atoms with Crippen molar-refractivity contribution in [2.45, 2.75) is 19.4 Å². The number of rotatable bonds is 6. The molecule has 1 aliphatic heterocycles. The molecule has 1 saturated heterocycles. The Morgan fingerprint density at radius 3 is 2.46 bits per heavy atom. The minimum absolute atomic E-state index is 0.568. The SMILES string of the molecule is c1ccc(COc2ccc(Nc3cc(N4CCCC4)ncn3)cc2)cc1. The molecule has 2 heterocycles. The summed E-state index contributed by atoms with van der Waals surface area (Å²) in [5.41, 5.74) is 2.13. The van der Waals surface area contributed by atoms with Crippen molar-refractivity contribution >= 4 is 17.3 Å². The number of nitrogens with one attached hydrogen (secondary N) is 1. The minimum Gasteiger partial charge on any atom is -0.489 e. The average molecular weight is 346 g/mol. The lowest BCUT2D eigenvalue weighted by atomic mass is 10.2. The molecule has 0 amide bonds. The molecule has 0 spiro atoms. The summed E-state index contributed by atoms with van der Waals surface area (Å²) in [6.07, 6.45) is 4.09. The Bertz CT molecular complexity index is 830. The molecular weight excluding hydrogens is 324 g/mol. The van der Waals surface area contributed by atoms with E-state index in [9.17, 15) is 0 Å². The molecule has 1 aromatic heterocycles. The van der Waals surface area contributed by atoms with E-state index in [1.165, 1.54) is 12.8 Å². The van der Waals surface area contributed by atoms with Gasteiger partial charge in [0.25, 0.3) is 0 Å². The van der Waals surface area contributed by atoms with Crippen LogP contribution < -0.4 is 15.0 Å². The zero-order valence-corrected chi connectivity index (χ0v) is 14.6. The Balaban J connectivity index is 1.37. The van der Waals surface area contributed by atoms with Crippen LogP contribution in [0.5, 0.6) is 5.75 Å². The van der Waals surface area contributed by atoms with Gasteiger partial charge in [-0.05, 0) is 42.7 Å². The Kier molecular flexibility index (Phi) is 4.96. The van der Waals surface area contributed by atoms with Gasteiger partial charge in [0.2, 0.25) is 0 Å². The van der Waals surface area contributed by atoms with E-state index in [1.807, 2.05) is 48.5 Å². The highest BCUT2D eigenvalue weighted by Gasteiger charge is 2.14. The van der Waals surface area contributed by atoms with Crippen LogP contribution in [0.15, 0.2) is 67.0 Å². The summed E-state index contributed by atoms with van der Waals surface area (Å²) in [5, 5.41) is 3.34. The van der Waals surface area contributed by atoms with Crippen LogP contribution in [0.4, 0.5) is 17.3 Å². The number of nitrogens with zero attached hydrogens (tertiary/aromatic N) is 3. The molecule has 5 nitrogen and oxygen atoms in total. The van der Waals surface area contributed by atoms with Crippen molar-refractivity contribution in [3.8, 4) is 5.75 Å². The van der Waals surface area contributed by atoms with Crippen molar-refractivity contribution in [3.63, 3.8) is 0 Å². The minimum atomic E-state index is 0.568. The summed E-state index contributed by atoms with van der Waals surface area (Å²) in [7, 11) is 0. The molecule has 5 heteroatoms. The van der Waals surface area contributed by atoms with Crippen molar-refractivity contribution in [3.05, 3.63) is 72.6 Å². The van der Waals surface area contributed by atoms with E-state index in [0.717, 1.165) is 41.7 Å². The number of anilines is 3. The maximum atomic E-state index is 5.82. The number of benzene rings is 2. The summed E-state index contributed by atoms with van der Waals surface area (Å²) < 4.78 is 5.82. The average Bonchev–Trinajstić information content (AvgIpc) is 3.23. The first-order valence-electron chi connectivity index (χ1n) is 8.98. The van der Waals surface area contributed by atoms with Crippen molar-refractivity contribution < 1.29 is 4.74 Å². The largest absolute Gasteiger partial charge is 0.489 e. The molecule has 1 N–H and O–H groups in total. The van der Waals surface area contributed by atoms with E-state index in [0.29, 0.717) is 6.61 Å². The van der Waals surface area contributed by atoms with Gasteiger partial charge in [0.15, 0.2) is 0 Å². The van der Waals surface area contributed by atoms with Crippen LogP contribution in [0.25, 0.3) is 0 Å². The Morgan fingerprint density at radius 2 is 1.69 bits per heavy atom. The highest BCUT2D eigenvalue weighted by Crippen LogP contribution is 2.23. The molecule has 0 radical (unpaired) electrons. The third-order valence-corrected chi connectivity index (χ3v) is 4.46. The second-order valence-electron chi connectivity index (χ2n) is 6.38. The fourth-order valence-corrected chi connectivity index (χ4v) is 3.06. The summed E-state index contributed by atoms with van der Waals surface area (Å²) in [4.78, 5) is 11.0. The summed E-state index contributed by atoms with van der Waals surface area (Å²) in [6.45, 7) is 2.71. The van der Waals surface area contributed by atoms with Gasteiger partial charge in [-0.25, -0.2) is 9.97 Å². The van der Waals surface area contributed by atoms with Gasteiger partial charge in [-0.1, -0.05) is 30.3 Å². The normalized spacial score (nSPS) is 13.6. The van der Waals surface area contributed by atoms with Crippen LogP contribution in [-0.4, -0.2) is 23.1 Å². The highest BCUT2D eigenvalue weighted by atomic mass is 16.5. The first-order chi connectivity index (χ1) is 12.9. The predicted octanol–water partition coefficient (Wildman–Crippen LogP) is 4.40. The quantitative estimate of drug-likeness (QED) is 0.717. The van der Waals surface area contributed by atoms with Gasteiger partial charge in [-0.2, -0.15) is 0 Å². The van der Waals surface area contributed by atoms with Crippen LogP contribution in [-0.2, 0) is 6.61 Å². The van der Waals surface area contributed by atoms with Gasteiger partial charge in [0, 0.05) is 24.8 Å². The number of hydrogen-bond donors (Lipinski definition) is 1. The molecule has 0 atom stereocenters. The van der Waals surface area contributed by atoms with Gasteiger partial charge in [0.1, 0.15) is 30.3 Å². The lowest BCUT2D eigenvalue weighted by Gasteiger charge is -2.16. The first-order valence-corrected chi connectivity index (χ1v) is 8.98. The number of aromatic nitrogens is 2. The lowest BCUT2D eigenvalue weighted by Crippen LogP contribution is -2.19. The highest BCUT2D eigenvalue weighted by molar-refractivity contribution is 5.60. The van der Waals surface area contributed by atoms with Crippen LogP contribution >= 0.6 is 0 Å². The monoisotopic (exact) mass is 346 g/mol. The number of hydrogen-bond acceptors (Lipinski definition) is 5. The smallest absolute Gasteiger partial charge is 0.135 e. The molecule has 4 rings (SSSR count). The van der Waals surface area contributed by atoms with E-state index in [2.05, 4.69) is 32.3 Å². The van der Waals surface area contributed by atoms with E-state index in [-0.39, 0.29) is 0 Å². The Morgan fingerprint density at radius 1 is 0.923 bits per heavy atom. The Hall–Kier alpha value is -3.08. The zero-order chi connectivity index (χ0) is 17.6. The topological polar surface area (TPSA) is 50.3 Å². The predicted molar refractivity (Wildman–Crippen MR) is 104 cm³/mol. The first kappa shape index (κ1) is 16.4. The molecule has 0 saturated carbocycles. The van der Waals surface area contributed by atoms with E-state index < -0.39 is 0 Å². The second kappa shape index (κ2) is 7.87.